The van der Waals surface area contributed by atoms with Gasteiger partial charge in [-0.3, -0.25) is 15.1 Å². The van der Waals surface area contributed by atoms with Gasteiger partial charge in [-0.2, -0.15) is 0 Å². The SMILES string of the molecule is O=[N+]([O-])c1ccc(-n2cccc2[C@@H]2[C@H](c3ccccn3)NC(=S)N2c2ccc(Br)cc2)cc1. The lowest BCUT2D eigenvalue weighted by Gasteiger charge is -2.29. The molecule has 3 heterocycles. The number of anilines is 1. The maximum absolute atomic E-state index is 11.1. The van der Waals surface area contributed by atoms with E-state index in [0.717, 1.165) is 27.2 Å². The maximum Gasteiger partial charge on any atom is 0.269 e. The second kappa shape index (κ2) is 8.76. The first-order valence-corrected chi connectivity index (χ1v) is 11.4. The number of halogens is 1. The molecule has 2 atom stereocenters. The summed E-state index contributed by atoms with van der Waals surface area (Å²) in [6.45, 7) is 0. The standard InChI is InChI=1S/C24H18BrN5O2S/c25-16-6-8-18(9-7-16)29-23(22(27-24(29)33)20-4-1-2-14-26-20)21-5-3-15-28(21)17-10-12-19(13-11-17)30(31)32/h1-15,22-23H,(H,27,33)/t22-,23+/m0/s1. The van der Waals surface area contributed by atoms with Crippen LogP contribution in [-0.2, 0) is 0 Å². The van der Waals surface area contributed by atoms with Crippen molar-refractivity contribution in [1.82, 2.24) is 14.9 Å². The molecule has 9 heteroatoms. The highest BCUT2D eigenvalue weighted by Crippen LogP contribution is 2.42. The molecule has 1 fully saturated rings. The summed E-state index contributed by atoms with van der Waals surface area (Å²) in [5, 5.41) is 15.2. The fraction of sp³-hybridized carbons (Fsp3) is 0.0833. The second-order valence-electron chi connectivity index (χ2n) is 7.55. The van der Waals surface area contributed by atoms with Gasteiger partial charge in [0, 0.05) is 46.1 Å². The molecule has 2 aromatic carbocycles. The van der Waals surface area contributed by atoms with E-state index in [9.17, 15) is 10.1 Å². The molecule has 5 rings (SSSR count). The van der Waals surface area contributed by atoms with E-state index in [1.807, 2.05) is 65.4 Å². The number of rotatable bonds is 5. The van der Waals surface area contributed by atoms with Crippen molar-refractivity contribution in [2.75, 3.05) is 4.90 Å². The predicted molar refractivity (Wildman–Crippen MR) is 134 cm³/mol. The van der Waals surface area contributed by atoms with E-state index in [1.54, 1.807) is 18.3 Å². The van der Waals surface area contributed by atoms with E-state index in [4.69, 9.17) is 12.2 Å². The second-order valence-corrected chi connectivity index (χ2v) is 8.85. The summed E-state index contributed by atoms with van der Waals surface area (Å²) in [7, 11) is 0. The Bertz CT molecular complexity index is 1310. The molecule has 0 saturated carbocycles. The van der Waals surface area contributed by atoms with Crippen molar-refractivity contribution >= 4 is 44.6 Å². The molecule has 0 spiro atoms. The molecule has 33 heavy (non-hydrogen) atoms. The Hall–Kier alpha value is -3.56. The molecule has 0 unspecified atom stereocenters. The number of hydrogen-bond donors (Lipinski definition) is 1. The predicted octanol–water partition coefficient (Wildman–Crippen LogP) is 5.72. The first kappa shape index (κ1) is 21.3. The molecular formula is C24H18BrN5O2S. The first-order valence-electron chi connectivity index (χ1n) is 10.2. The van der Waals surface area contributed by atoms with Crippen molar-refractivity contribution in [3.8, 4) is 5.69 Å². The Labute approximate surface area is 204 Å². The number of thiocarbonyl (C=S) groups is 1. The lowest BCUT2D eigenvalue weighted by molar-refractivity contribution is -0.384. The minimum absolute atomic E-state index is 0.0546. The molecule has 1 aliphatic rings. The number of benzene rings is 2. The number of non-ortho nitro benzene ring substituents is 1. The minimum atomic E-state index is -0.397. The molecule has 2 aromatic heterocycles. The van der Waals surface area contributed by atoms with E-state index < -0.39 is 4.92 Å². The van der Waals surface area contributed by atoms with Crippen LogP contribution in [0.5, 0.6) is 0 Å². The zero-order chi connectivity index (χ0) is 22.9. The summed E-state index contributed by atoms with van der Waals surface area (Å²) in [6.07, 6.45) is 3.72. The van der Waals surface area contributed by atoms with Gasteiger partial charge in [0.1, 0.15) is 6.04 Å². The molecule has 0 bridgehead atoms. The van der Waals surface area contributed by atoms with Gasteiger partial charge in [-0.15, -0.1) is 0 Å². The Kier molecular flexibility index (Phi) is 5.65. The summed E-state index contributed by atoms with van der Waals surface area (Å²) in [4.78, 5) is 17.4. The van der Waals surface area contributed by atoms with Crippen LogP contribution >= 0.6 is 28.1 Å². The molecule has 4 aromatic rings. The third kappa shape index (κ3) is 4.01. The number of pyridine rings is 1. The Balaban J connectivity index is 1.63. The number of nitrogens with one attached hydrogen (secondary N) is 1. The summed E-state index contributed by atoms with van der Waals surface area (Å²) < 4.78 is 3.02. The summed E-state index contributed by atoms with van der Waals surface area (Å²) in [6, 6.07) is 24.0. The molecule has 1 saturated heterocycles. The van der Waals surface area contributed by atoms with E-state index in [1.165, 1.54) is 12.1 Å². The molecule has 0 amide bonds. The molecule has 0 radical (unpaired) electrons. The highest BCUT2D eigenvalue weighted by Gasteiger charge is 2.42. The normalized spacial score (nSPS) is 17.7. The van der Waals surface area contributed by atoms with Crippen LogP contribution in [0.1, 0.15) is 23.5 Å². The topological polar surface area (TPSA) is 76.2 Å². The van der Waals surface area contributed by atoms with Crippen LogP contribution in [0.15, 0.2) is 95.7 Å². The number of aromatic nitrogens is 2. The quantitative estimate of drug-likeness (QED) is 0.206. The van der Waals surface area contributed by atoms with Gasteiger partial charge in [0.15, 0.2) is 5.11 Å². The van der Waals surface area contributed by atoms with Crippen molar-refractivity contribution in [2.24, 2.45) is 0 Å². The average Bonchev–Trinajstić information content (AvgIpc) is 3.44. The van der Waals surface area contributed by atoms with Crippen LogP contribution in [0.25, 0.3) is 5.69 Å². The Morgan fingerprint density at radius 3 is 2.36 bits per heavy atom. The number of nitro groups is 1. The third-order valence-electron chi connectivity index (χ3n) is 5.62. The number of hydrogen-bond acceptors (Lipinski definition) is 4. The number of nitro benzene ring substituents is 1. The van der Waals surface area contributed by atoms with Crippen molar-refractivity contribution in [3.05, 3.63) is 117 Å². The molecular weight excluding hydrogens is 502 g/mol. The smallest absolute Gasteiger partial charge is 0.269 e. The van der Waals surface area contributed by atoms with Crippen LogP contribution in [0, 0.1) is 10.1 Å². The highest BCUT2D eigenvalue weighted by atomic mass is 79.9. The fourth-order valence-electron chi connectivity index (χ4n) is 4.14. The van der Waals surface area contributed by atoms with Gasteiger partial charge in [-0.25, -0.2) is 0 Å². The van der Waals surface area contributed by atoms with Gasteiger partial charge in [0.05, 0.1) is 16.7 Å². The van der Waals surface area contributed by atoms with Gasteiger partial charge in [-0.05, 0) is 72.9 Å². The van der Waals surface area contributed by atoms with Crippen molar-refractivity contribution in [3.63, 3.8) is 0 Å². The van der Waals surface area contributed by atoms with E-state index in [-0.39, 0.29) is 17.8 Å². The van der Waals surface area contributed by atoms with Crippen LogP contribution in [-0.4, -0.2) is 19.6 Å². The highest BCUT2D eigenvalue weighted by molar-refractivity contribution is 9.10. The van der Waals surface area contributed by atoms with Gasteiger partial charge in [0.2, 0.25) is 0 Å². The Morgan fingerprint density at radius 1 is 0.970 bits per heavy atom. The van der Waals surface area contributed by atoms with E-state index in [0.29, 0.717) is 5.11 Å². The summed E-state index contributed by atoms with van der Waals surface area (Å²) >= 11 is 9.28. The first-order chi connectivity index (χ1) is 16.0. The van der Waals surface area contributed by atoms with Crippen molar-refractivity contribution in [2.45, 2.75) is 12.1 Å². The fourth-order valence-corrected chi connectivity index (χ4v) is 4.75. The third-order valence-corrected chi connectivity index (χ3v) is 6.47. The van der Waals surface area contributed by atoms with Gasteiger partial charge >= 0.3 is 0 Å². The van der Waals surface area contributed by atoms with Crippen molar-refractivity contribution in [1.29, 1.82) is 0 Å². The molecule has 0 aliphatic carbocycles. The molecule has 7 nitrogen and oxygen atoms in total. The lowest BCUT2D eigenvalue weighted by Crippen LogP contribution is -2.30. The zero-order valence-electron chi connectivity index (χ0n) is 17.2. The van der Waals surface area contributed by atoms with Gasteiger partial charge < -0.3 is 14.8 Å². The average molecular weight is 520 g/mol. The van der Waals surface area contributed by atoms with Crippen LogP contribution in [0.3, 0.4) is 0 Å². The van der Waals surface area contributed by atoms with E-state index in [2.05, 4.69) is 31.1 Å². The lowest BCUT2D eigenvalue weighted by atomic mass is 10.0. The summed E-state index contributed by atoms with van der Waals surface area (Å²) in [5.74, 6) is 0. The van der Waals surface area contributed by atoms with Crippen LogP contribution in [0.4, 0.5) is 11.4 Å². The van der Waals surface area contributed by atoms with Gasteiger partial charge in [0.25, 0.3) is 5.69 Å². The monoisotopic (exact) mass is 519 g/mol. The largest absolute Gasteiger partial charge is 0.351 e. The molecule has 1 N–H and O–H groups in total. The number of nitrogens with zero attached hydrogens (tertiary/aromatic N) is 4. The zero-order valence-corrected chi connectivity index (χ0v) is 19.6. The van der Waals surface area contributed by atoms with Crippen LogP contribution < -0.4 is 10.2 Å². The molecule has 1 aliphatic heterocycles. The van der Waals surface area contributed by atoms with Crippen molar-refractivity contribution < 1.29 is 4.92 Å². The minimum Gasteiger partial charge on any atom is -0.351 e. The molecule has 164 valence electrons. The van der Waals surface area contributed by atoms with Crippen LogP contribution in [0.2, 0.25) is 0 Å². The van der Waals surface area contributed by atoms with Gasteiger partial charge in [-0.1, -0.05) is 22.0 Å². The summed E-state index contributed by atoms with van der Waals surface area (Å²) in [5.41, 5.74) is 3.69. The van der Waals surface area contributed by atoms with E-state index >= 15 is 0 Å². The maximum atomic E-state index is 11.1. The Morgan fingerprint density at radius 2 is 1.70 bits per heavy atom.